The van der Waals surface area contributed by atoms with E-state index in [4.69, 9.17) is 4.42 Å². The van der Waals surface area contributed by atoms with Gasteiger partial charge in [-0.05, 0) is 65.1 Å². The Bertz CT molecular complexity index is 1240. The molecule has 6 nitrogen and oxygen atoms in total. The molecule has 2 N–H and O–H groups in total. The standard InChI is InChI=1S/C23H18N4O2/c28-23(27-24-12-2-5-17-6-3-13-29-17)21-14-20(25-26-21)18-11-10-16-9-8-15-4-1-7-19(18)22(15)16/h1-7,10-14H,8-9H2,(H,25,26)(H,27,28)/b5-2+,24-12+. The first-order valence-electron chi connectivity index (χ1n) is 9.42. The molecule has 29 heavy (non-hydrogen) atoms. The summed E-state index contributed by atoms with van der Waals surface area (Å²) in [7, 11) is 0. The van der Waals surface area contributed by atoms with E-state index in [9.17, 15) is 4.79 Å². The summed E-state index contributed by atoms with van der Waals surface area (Å²) in [6, 6.07) is 16.0. The van der Waals surface area contributed by atoms with Gasteiger partial charge < -0.3 is 4.42 Å². The first-order valence-corrected chi connectivity index (χ1v) is 9.42. The summed E-state index contributed by atoms with van der Waals surface area (Å²) in [6.07, 6.45) is 8.68. The van der Waals surface area contributed by atoms with Crippen molar-refractivity contribution in [3.63, 3.8) is 0 Å². The van der Waals surface area contributed by atoms with E-state index in [0.29, 0.717) is 11.5 Å². The molecule has 4 aromatic rings. The van der Waals surface area contributed by atoms with Gasteiger partial charge in [-0.2, -0.15) is 10.2 Å². The monoisotopic (exact) mass is 382 g/mol. The minimum Gasteiger partial charge on any atom is -0.465 e. The molecule has 0 unspecified atom stereocenters. The van der Waals surface area contributed by atoms with Crippen molar-refractivity contribution in [1.29, 1.82) is 0 Å². The molecule has 0 fully saturated rings. The topological polar surface area (TPSA) is 83.3 Å². The van der Waals surface area contributed by atoms with Crippen LogP contribution in [-0.4, -0.2) is 22.3 Å². The van der Waals surface area contributed by atoms with E-state index in [0.717, 1.165) is 24.1 Å². The first kappa shape index (κ1) is 17.2. The summed E-state index contributed by atoms with van der Waals surface area (Å²) in [5.74, 6) is 0.365. The van der Waals surface area contributed by atoms with Gasteiger partial charge in [-0.3, -0.25) is 9.89 Å². The Morgan fingerprint density at radius 1 is 1.14 bits per heavy atom. The number of carbonyl (C=O) groups is 1. The predicted molar refractivity (Wildman–Crippen MR) is 113 cm³/mol. The zero-order valence-corrected chi connectivity index (χ0v) is 15.6. The minimum absolute atomic E-state index is 0.350. The summed E-state index contributed by atoms with van der Waals surface area (Å²) >= 11 is 0. The third-order valence-electron chi connectivity index (χ3n) is 5.11. The van der Waals surface area contributed by atoms with Crippen LogP contribution in [-0.2, 0) is 12.8 Å². The number of nitrogens with one attached hydrogen (secondary N) is 2. The second-order valence-corrected chi connectivity index (χ2v) is 6.87. The van der Waals surface area contributed by atoms with Crippen LogP contribution in [0.3, 0.4) is 0 Å². The first-order chi connectivity index (χ1) is 14.3. The average molecular weight is 382 g/mol. The normalized spacial score (nSPS) is 13.1. The molecule has 2 heterocycles. The van der Waals surface area contributed by atoms with Crippen molar-refractivity contribution in [2.45, 2.75) is 12.8 Å². The second-order valence-electron chi connectivity index (χ2n) is 6.87. The van der Waals surface area contributed by atoms with E-state index < -0.39 is 0 Å². The predicted octanol–water partition coefficient (Wildman–Crippen LogP) is 4.35. The highest BCUT2D eigenvalue weighted by molar-refractivity contribution is 6.02. The SMILES string of the molecule is O=C(N/N=C/C=C/c1ccco1)c1cc(-c2ccc3c4c(cccc24)CC3)n[nH]1. The van der Waals surface area contributed by atoms with Gasteiger partial charge >= 0.3 is 0 Å². The van der Waals surface area contributed by atoms with Crippen molar-refractivity contribution in [3.8, 4) is 11.3 Å². The van der Waals surface area contributed by atoms with Crippen LogP contribution in [0.2, 0.25) is 0 Å². The smallest absolute Gasteiger partial charge is 0.289 e. The van der Waals surface area contributed by atoms with Gasteiger partial charge in [0.05, 0.1) is 12.0 Å². The fourth-order valence-corrected chi connectivity index (χ4v) is 3.77. The molecular formula is C23H18N4O2. The number of aryl methyl sites for hydroxylation is 2. The zero-order chi connectivity index (χ0) is 19.6. The molecule has 0 saturated heterocycles. The number of hydrogen-bond donors (Lipinski definition) is 2. The zero-order valence-electron chi connectivity index (χ0n) is 15.6. The van der Waals surface area contributed by atoms with Crippen LogP contribution in [0.4, 0.5) is 0 Å². The molecule has 2 aromatic heterocycles. The molecule has 0 radical (unpaired) electrons. The number of aromatic nitrogens is 2. The van der Waals surface area contributed by atoms with Gasteiger partial charge in [0.2, 0.25) is 0 Å². The minimum atomic E-state index is -0.350. The number of benzene rings is 2. The van der Waals surface area contributed by atoms with E-state index >= 15 is 0 Å². The highest BCUT2D eigenvalue weighted by Crippen LogP contribution is 2.36. The van der Waals surface area contributed by atoms with Gasteiger partial charge in [-0.1, -0.05) is 30.3 Å². The largest absolute Gasteiger partial charge is 0.465 e. The number of rotatable bonds is 5. The molecule has 1 aliphatic carbocycles. The fourth-order valence-electron chi connectivity index (χ4n) is 3.77. The van der Waals surface area contributed by atoms with Gasteiger partial charge in [-0.25, -0.2) is 5.43 Å². The maximum Gasteiger partial charge on any atom is 0.289 e. The number of nitrogens with zero attached hydrogens (tertiary/aromatic N) is 2. The van der Waals surface area contributed by atoms with Crippen molar-refractivity contribution in [1.82, 2.24) is 15.6 Å². The highest BCUT2D eigenvalue weighted by atomic mass is 16.3. The molecule has 2 aromatic carbocycles. The summed E-state index contributed by atoms with van der Waals surface area (Å²) in [6.45, 7) is 0. The van der Waals surface area contributed by atoms with Gasteiger partial charge in [-0.15, -0.1) is 0 Å². The third kappa shape index (κ3) is 3.25. The maximum absolute atomic E-state index is 12.3. The molecule has 0 saturated carbocycles. The van der Waals surface area contributed by atoms with E-state index in [1.165, 1.54) is 28.1 Å². The van der Waals surface area contributed by atoms with Crippen molar-refractivity contribution < 1.29 is 9.21 Å². The highest BCUT2D eigenvalue weighted by Gasteiger charge is 2.18. The molecule has 0 aliphatic heterocycles. The van der Waals surface area contributed by atoms with Crippen LogP contribution in [0.5, 0.6) is 0 Å². The molecule has 1 amide bonds. The molecule has 142 valence electrons. The van der Waals surface area contributed by atoms with Crippen LogP contribution in [0.25, 0.3) is 28.1 Å². The fraction of sp³-hybridized carbons (Fsp3) is 0.0870. The summed E-state index contributed by atoms with van der Waals surface area (Å²) in [4.78, 5) is 12.3. The van der Waals surface area contributed by atoms with Crippen LogP contribution >= 0.6 is 0 Å². The number of allylic oxidation sites excluding steroid dienone is 1. The number of H-pyrrole nitrogens is 1. The number of amides is 1. The third-order valence-corrected chi connectivity index (χ3v) is 5.11. The van der Waals surface area contributed by atoms with Crippen LogP contribution < -0.4 is 5.43 Å². The van der Waals surface area contributed by atoms with E-state index in [1.54, 1.807) is 30.5 Å². The van der Waals surface area contributed by atoms with Crippen molar-refractivity contribution in [2.75, 3.05) is 0 Å². The maximum atomic E-state index is 12.3. The Labute approximate surface area is 166 Å². The molecule has 1 aliphatic rings. The van der Waals surface area contributed by atoms with Gasteiger partial charge in [0.1, 0.15) is 11.5 Å². The van der Waals surface area contributed by atoms with Crippen molar-refractivity contribution in [2.24, 2.45) is 5.10 Å². The van der Waals surface area contributed by atoms with E-state index in [1.807, 2.05) is 6.07 Å². The number of aromatic amines is 1. The Kier molecular flexibility index (Phi) is 4.29. The Morgan fingerprint density at radius 2 is 2.03 bits per heavy atom. The molecule has 0 bridgehead atoms. The summed E-state index contributed by atoms with van der Waals surface area (Å²) in [5, 5.41) is 13.6. The van der Waals surface area contributed by atoms with E-state index in [-0.39, 0.29) is 5.91 Å². The number of carbonyl (C=O) groups excluding carboxylic acids is 1. The van der Waals surface area contributed by atoms with Gasteiger partial charge in [0.25, 0.3) is 5.91 Å². The molecular weight excluding hydrogens is 364 g/mol. The lowest BCUT2D eigenvalue weighted by atomic mass is 9.98. The lowest BCUT2D eigenvalue weighted by molar-refractivity contribution is 0.0950. The average Bonchev–Trinajstić information content (AvgIpc) is 3.50. The molecule has 0 spiro atoms. The molecule has 5 rings (SSSR count). The number of hydrazone groups is 1. The van der Waals surface area contributed by atoms with E-state index in [2.05, 4.69) is 51.1 Å². The van der Waals surface area contributed by atoms with Crippen molar-refractivity contribution in [3.05, 3.63) is 83.5 Å². The lowest BCUT2D eigenvalue weighted by Crippen LogP contribution is -2.17. The molecule has 6 heteroatoms. The quantitative estimate of drug-likeness (QED) is 0.398. The van der Waals surface area contributed by atoms with Gasteiger partial charge in [0.15, 0.2) is 0 Å². The molecule has 0 atom stereocenters. The second kappa shape index (κ2) is 7.24. The summed E-state index contributed by atoms with van der Waals surface area (Å²) < 4.78 is 5.18. The van der Waals surface area contributed by atoms with Gasteiger partial charge in [0, 0.05) is 11.8 Å². The Morgan fingerprint density at radius 3 is 2.90 bits per heavy atom. The van der Waals surface area contributed by atoms with Crippen LogP contribution in [0, 0.1) is 0 Å². The van der Waals surface area contributed by atoms with Crippen LogP contribution in [0.1, 0.15) is 27.4 Å². The number of furan rings is 1. The lowest BCUT2D eigenvalue weighted by Gasteiger charge is -2.06. The van der Waals surface area contributed by atoms with Crippen LogP contribution in [0.15, 0.2) is 70.4 Å². The number of hydrogen-bond acceptors (Lipinski definition) is 4. The Balaban J connectivity index is 1.34. The summed E-state index contributed by atoms with van der Waals surface area (Å²) in [5.41, 5.74) is 7.37. The van der Waals surface area contributed by atoms with Crippen molar-refractivity contribution >= 4 is 29.0 Å². The Hall–Kier alpha value is -3.93.